The third-order valence-electron chi connectivity index (χ3n) is 3.83. The van der Waals surface area contributed by atoms with Crippen molar-refractivity contribution in [1.82, 2.24) is 5.16 Å². The summed E-state index contributed by atoms with van der Waals surface area (Å²) in [5.74, 6) is 0.134. The summed E-state index contributed by atoms with van der Waals surface area (Å²) in [6.45, 7) is 1.58. The highest BCUT2D eigenvalue weighted by atomic mass is 35.5. The number of hydrogen-bond donors (Lipinski definition) is 1. The van der Waals surface area contributed by atoms with E-state index in [0.717, 1.165) is 12.1 Å². The zero-order valence-corrected chi connectivity index (χ0v) is 15.3. The first-order chi connectivity index (χ1) is 13.2. The molecule has 0 aliphatic carbocycles. The Morgan fingerprint density at radius 3 is 2.68 bits per heavy atom. The van der Waals surface area contributed by atoms with Crippen LogP contribution in [-0.2, 0) is 12.8 Å². The first-order valence-corrected chi connectivity index (χ1v) is 8.44. The number of anilines is 1. The standard InChI is InChI=1S/C19H14ClF3N2O3/c1-11-16(10-27-15-7-3-5-13(20)9-15)17(25-28-11)18(26)24-14-6-2-4-12(8-14)19(21,22)23/h2-9H,10H2,1H3,(H,24,26). The molecule has 1 amide bonds. The smallest absolute Gasteiger partial charge is 0.416 e. The number of rotatable bonds is 5. The minimum Gasteiger partial charge on any atom is -0.489 e. The van der Waals surface area contributed by atoms with Crippen molar-refractivity contribution >= 4 is 23.2 Å². The first kappa shape index (κ1) is 19.8. The van der Waals surface area contributed by atoms with E-state index in [1.54, 1.807) is 31.2 Å². The number of ether oxygens (including phenoxy) is 1. The van der Waals surface area contributed by atoms with Crippen molar-refractivity contribution in [3.05, 3.63) is 76.1 Å². The Balaban J connectivity index is 1.76. The van der Waals surface area contributed by atoms with Gasteiger partial charge in [0.1, 0.15) is 18.1 Å². The molecule has 0 atom stereocenters. The van der Waals surface area contributed by atoms with Gasteiger partial charge < -0.3 is 14.6 Å². The highest BCUT2D eigenvalue weighted by molar-refractivity contribution is 6.30. The Hall–Kier alpha value is -3.00. The largest absolute Gasteiger partial charge is 0.489 e. The number of hydrogen-bond acceptors (Lipinski definition) is 4. The van der Waals surface area contributed by atoms with Crippen molar-refractivity contribution < 1.29 is 27.2 Å². The van der Waals surface area contributed by atoms with Crippen molar-refractivity contribution in [2.75, 3.05) is 5.32 Å². The van der Waals surface area contributed by atoms with Crippen molar-refractivity contribution in [3.63, 3.8) is 0 Å². The summed E-state index contributed by atoms with van der Waals surface area (Å²) in [4.78, 5) is 12.5. The maximum atomic E-state index is 12.8. The lowest BCUT2D eigenvalue weighted by Gasteiger charge is -2.10. The zero-order chi connectivity index (χ0) is 20.3. The van der Waals surface area contributed by atoms with Crippen molar-refractivity contribution in [1.29, 1.82) is 0 Å². The fourth-order valence-corrected chi connectivity index (χ4v) is 2.60. The molecule has 146 valence electrons. The fourth-order valence-electron chi connectivity index (χ4n) is 2.42. The van der Waals surface area contributed by atoms with Crippen LogP contribution in [0.15, 0.2) is 53.1 Å². The summed E-state index contributed by atoms with van der Waals surface area (Å²) < 4.78 is 49.1. The van der Waals surface area contributed by atoms with E-state index in [1.807, 2.05) is 0 Å². The molecule has 5 nitrogen and oxygen atoms in total. The molecule has 0 saturated heterocycles. The predicted octanol–water partition coefficient (Wildman–Crippen LogP) is 5.49. The van der Waals surface area contributed by atoms with E-state index in [0.29, 0.717) is 22.1 Å². The summed E-state index contributed by atoms with van der Waals surface area (Å²) in [6.07, 6.45) is -4.51. The molecule has 0 radical (unpaired) electrons. The number of nitrogens with zero attached hydrogens (tertiary/aromatic N) is 1. The van der Waals surface area contributed by atoms with E-state index in [2.05, 4.69) is 10.5 Å². The van der Waals surface area contributed by atoms with Crippen LogP contribution in [-0.4, -0.2) is 11.1 Å². The summed E-state index contributed by atoms with van der Waals surface area (Å²) in [5, 5.41) is 6.58. The number of nitrogens with one attached hydrogen (secondary N) is 1. The lowest BCUT2D eigenvalue weighted by molar-refractivity contribution is -0.137. The molecule has 1 aromatic heterocycles. The molecule has 1 heterocycles. The number of benzene rings is 2. The maximum Gasteiger partial charge on any atom is 0.416 e. The third-order valence-corrected chi connectivity index (χ3v) is 4.06. The summed E-state index contributed by atoms with van der Waals surface area (Å²) in [5.41, 5.74) is -0.574. The van der Waals surface area contributed by atoms with Crippen LogP contribution in [0.25, 0.3) is 0 Å². The topological polar surface area (TPSA) is 64.4 Å². The Labute approximate surface area is 163 Å². The Kier molecular flexibility index (Phi) is 5.60. The third kappa shape index (κ3) is 4.64. The van der Waals surface area contributed by atoms with Crippen LogP contribution in [0.5, 0.6) is 5.75 Å². The molecule has 3 rings (SSSR count). The van der Waals surface area contributed by atoms with E-state index in [-0.39, 0.29) is 18.0 Å². The molecule has 2 aromatic carbocycles. The van der Waals surface area contributed by atoms with E-state index in [4.69, 9.17) is 20.9 Å². The molecule has 28 heavy (non-hydrogen) atoms. The molecule has 9 heteroatoms. The number of alkyl halides is 3. The van der Waals surface area contributed by atoms with Gasteiger partial charge in [0.15, 0.2) is 5.69 Å². The van der Waals surface area contributed by atoms with Gasteiger partial charge in [-0.25, -0.2) is 0 Å². The van der Waals surface area contributed by atoms with Gasteiger partial charge in [0, 0.05) is 10.7 Å². The fraction of sp³-hybridized carbons (Fsp3) is 0.158. The van der Waals surface area contributed by atoms with Gasteiger partial charge in [-0.05, 0) is 43.3 Å². The first-order valence-electron chi connectivity index (χ1n) is 8.06. The van der Waals surface area contributed by atoms with E-state index >= 15 is 0 Å². The van der Waals surface area contributed by atoms with Crippen LogP contribution >= 0.6 is 11.6 Å². The second kappa shape index (κ2) is 7.93. The van der Waals surface area contributed by atoms with Crippen molar-refractivity contribution in [2.24, 2.45) is 0 Å². The van der Waals surface area contributed by atoms with Gasteiger partial charge >= 0.3 is 6.18 Å². The molecular formula is C19H14ClF3N2O3. The van der Waals surface area contributed by atoms with Crippen LogP contribution in [0.3, 0.4) is 0 Å². The molecular weight excluding hydrogens is 397 g/mol. The Morgan fingerprint density at radius 2 is 1.96 bits per heavy atom. The summed E-state index contributed by atoms with van der Waals surface area (Å²) in [7, 11) is 0. The van der Waals surface area contributed by atoms with Crippen LogP contribution in [0.4, 0.5) is 18.9 Å². The average Bonchev–Trinajstić information content (AvgIpc) is 3.00. The molecule has 0 aliphatic rings. The number of amides is 1. The van der Waals surface area contributed by atoms with Gasteiger partial charge in [0.2, 0.25) is 0 Å². The van der Waals surface area contributed by atoms with Gasteiger partial charge in [-0.15, -0.1) is 0 Å². The normalized spacial score (nSPS) is 11.3. The lowest BCUT2D eigenvalue weighted by atomic mass is 10.1. The van der Waals surface area contributed by atoms with Gasteiger partial charge in [-0.1, -0.05) is 28.9 Å². The molecule has 1 N–H and O–H groups in total. The monoisotopic (exact) mass is 410 g/mol. The Bertz CT molecular complexity index is 1000. The number of halogens is 4. The van der Waals surface area contributed by atoms with Gasteiger partial charge in [0.05, 0.1) is 11.1 Å². The van der Waals surface area contributed by atoms with E-state index < -0.39 is 17.6 Å². The van der Waals surface area contributed by atoms with E-state index in [1.165, 1.54) is 12.1 Å². The highest BCUT2D eigenvalue weighted by Crippen LogP contribution is 2.31. The van der Waals surface area contributed by atoms with Gasteiger partial charge in [0.25, 0.3) is 5.91 Å². The number of aryl methyl sites for hydroxylation is 1. The molecule has 0 fully saturated rings. The number of carbonyl (C=O) groups excluding carboxylic acids is 1. The van der Waals surface area contributed by atoms with Gasteiger partial charge in [-0.2, -0.15) is 13.2 Å². The number of carbonyl (C=O) groups is 1. The minimum absolute atomic E-state index is 0.0119. The molecule has 0 unspecified atom stereocenters. The van der Waals surface area contributed by atoms with Crippen LogP contribution < -0.4 is 10.1 Å². The molecule has 0 bridgehead atoms. The molecule has 0 spiro atoms. The van der Waals surface area contributed by atoms with Crippen molar-refractivity contribution in [3.8, 4) is 5.75 Å². The molecule has 0 saturated carbocycles. The maximum absolute atomic E-state index is 12.8. The predicted molar refractivity (Wildman–Crippen MR) is 96.4 cm³/mol. The SMILES string of the molecule is Cc1onc(C(=O)Nc2cccc(C(F)(F)F)c2)c1COc1cccc(Cl)c1. The van der Waals surface area contributed by atoms with Crippen LogP contribution in [0.1, 0.15) is 27.4 Å². The number of aromatic nitrogens is 1. The molecule has 3 aromatic rings. The summed E-state index contributed by atoms with van der Waals surface area (Å²) in [6, 6.07) is 11.0. The summed E-state index contributed by atoms with van der Waals surface area (Å²) >= 11 is 5.90. The second-order valence-electron chi connectivity index (χ2n) is 5.84. The zero-order valence-electron chi connectivity index (χ0n) is 14.5. The quantitative estimate of drug-likeness (QED) is 0.604. The van der Waals surface area contributed by atoms with Crippen LogP contribution in [0.2, 0.25) is 5.02 Å². The molecule has 0 aliphatic heterocycles. The second-order valence-corrected chi connectivity index (χ2v) is 6.28. The highest BCUT2D eigenvalue weighted by Gasteiger charge is 2.30. The van der Waals surface area contributed by atoms with Crippen LogP contribution in [0, 0.1) is 6.92 Å². The van der Waals surface area contributed by atoms with Gasteiger partial charge in [-0.3, -0.25) is 4.79 Å². The lowest BCUT2D eigenvalue weighted by Crippen LogP contribution is -2.16. The van der Waals surface area contributed by atoms with E-state index in [9.17, 15) is 18.0 Å². The van der Waals surface area contributed by atoms with Crippen molar-refractivity contribution in [2.45, 2.75) is 19.7 Å². The minimum atomic E-state index is -4.51. The Morgan fingerprint density at radius 1 is 1.21 bits per heavy atom. The average molecular weight is 411 g/mol.